The van der Waals surface area contributed by atoms with Crippen molar-refractivity contribution in [2.45, 2.75) is 24.8 Å². The third-order valence-electron chi connectivity index (χ3n) is 1.36. The maximum Gasteiger partial charge on any atom is 0.250 e. The molecule has 0 aliphatic carbocycles. The Morgan fingerprint density at radius 1 is 1.54 bits per heavy atom. The molecule has 0 atom stereocenters. The lowest BCUT2D eigenvalue weighted by Gasteiger charge is -1.96. The summed E-state index contributed by atoms with van der Waals surface area (Å²) < 4.78 is 7.55. The highest BCUT2D eigenvalue weighted by Crippen LogP contribution is 2.14. The van der Waals surface area contributed by atoms with Gasteiger partial charge in [-0.25, -0.2) is 0 Å². The molecule has 0 unspecified atom stereocenters. The van der Waals surface area contributed by atoms with Crippen molar-refractivity contribution in [3.63, 3.8) is 0 Å². The topological polar surface area (TPSA) is 42.9 Å². The molecule has 0 saturated heterocycles. The maximum atomic E-state index is 11.3. The molecule has 0 aromatic carbocycles. The number of rotatable bonds is 4. The fourth-order valence-corrected chi connectivity index (χ4v) is 2.43. The Bertz CT molecular complexity index is 329. The first-order valence-electron chi connectivity index (χ1n) is 3.91. The van der Waals surface area contributed by atoms with Crippen molar-refractivity contribution in [3.8, 4) is 0 Å². The van der Waals surface area contributed by atoms with Crippen molar-refractivity contribution in [2.75, 3.05) is 5.75 Å². The van der Waals surface area contributed by atoms with Gasteiger partial charge in [0.25, 0.3) is 0 Å². The van der Waals surface area contributed by atoms with E-state index in [4.69, 9.17) is 11.6 Å². The normalized spacial score (nSPS) is 10.3. The van der Waals surface area contributed by atoms with E-state index in [-0.39, 0.29) is 10.6 Å². The first-order chi connectivity index (χ1) is 6.25. The maximum absolute atomic E-state index is 11.3. The summed E-state index contributed by atoms with van der Waals surface area (Å²) in [7, 11) is 0. The number of unbranched alkanes of at least 4 members (excludes halogenated alkanes) is 1. The summed E-state index contributed by atoms with van der Waals surface area (Å²) in [5.41, 5.74) is -0.249. The van der Waals surface area contributed by atoms with Gasteiger partial charge >= 0.3 is 0 Å². The minimum atomic E-state index is -0.249. The van der Waals surface area contributed by atoms with Crippen LogP contribution in [-0.4, -0.2) is 14.5 Å². The number of halogens is 1. The molecule has 1 aromatic rings. The van der Waals surface area contributed by atoms with Crippen molar-refractivity contribution in [2.24, 2.45) is 0 Å². The highest BCUT2D eigenvalue weighted by Gasteiger charge is 2.06. The number of thioether (sulfide) groups is 1. The second-order valence-corrected chi connectivity index (χ2v) is 4.36. The van der Waals surface area contributed by atoms with E-state index in [1.165, 1.54) is 11.8 Å². The molecule has 0 fully saturated rings. The quantitative estimate of drug-likeness (QED) is 0.595. The van der Waals surface area contributed by atoms with Gasteiger partial charge in [0.15, 0.2) is 10.2 Å². The summed E-state index contributed by atoms with van der Waals surface area (Å²) in [6, 6.07) is 0. The first-order valence-corrected chi connectivity index (χ1v) is 6.00. The summed E-state index contributed by atoms with van der Waals surface area (Å²) in [5, 5.41) is 0.498. The Kier molecular flexibility index (Phi) is 4.69. The lowest BCUT2D eigenvalue weighted by Crippen LogP contribution is -2.07. The first kappa shape index (κ1) is 10.9. The van der Waals surface area contributed by atoms with Crippen molar-refractivity contribution in [1.82, 2.24) is 8.75 Å². The molecule has 0 aliphatic heterocycles. The van der Waals surface area contributed by atoms with E-state index < -0.39 is 0 Å². The van der Waals surface area contributed by atoms with E-state index in [9.17, 15) is 4.79 Å². The minimum Gasteiger partial charge on any atom is -0.283 e. The molecule has 3 nitrogen and oxygen atoms in total. The van der Waals surface area contributed by atoms with Crippen LogP contribution in [0.25, 0.3) is 0 Å². The van der Waals surface area contributed by atoms with Gasteiger partial charge in [-0.15, -0.1) is 11.8 Å². The molecule has 0 spiro atoms. The van der Waals surface area contributed by atoms with Crippen molar-refractivity contribution in [1.29, 1.82) is 0 Å². The largest absolute Gasteiger partial charge is 0.283 e. The van der Waals surface area contributed by atoms with Gasteiger partial charge in [0, 0.05) is 0 Å². The zero-order valence-electron chi connectivity index (χ0n) is 7.12. The van der Waals surface area contributed by atoms with Crippen LogP contribution in [0.2, 0.25) is 5.15 Å². The molecule has 72 valence electrons. The summed E-state index contributed by atoms with van der Waals surface area (Å²) in [6.45, 7) is 2.11. The Balaban J connectivity index is 2.67. The van der Waals surface area contributed by atoms with Crippen LogP contribution >= 0.6 is 35.1 Å². The standard InChI is InChI=1S/C7H9ClN2OS2/c1-2-3-4-12-7-5(11)6(8)9-13-10-7/h2-4H2,1H3. The number of aromatic nitrogens is 2. The van der Waals surface area contributed by atoms with Crippen LogP contribution in [0.3, 0.4) is 0 Å². The summed E-state index contributed by atoms with van der Waals surface area (Å²) >= 11 is 7.98. The fraction of sp³-hybridized carbons (Fsp3) is 0.571. The Labute approximate surface area is 89.9 Å². The highest BCUT2D eigenvalue weighted by molar-refractivity contribution is 7.99. The summed E-state index contributed by atoms with van der Waals surface area (Å²) in [5.74, 6) is 0.909. The third-order valence-corrected chi connectivity index (χ3v) is 3.41. The van der Waals surface area contributed by atoms with Crippen LogP contribution in [0.15, 0.2) is 9.82 Å². The van der Waals surface area contributed by atoms with Gasteiger partial charge < -0.3 is 0 Å². The van der Waals surface area contributed by atoms with Gasteiger partial charge in [0.05, 0.1) is 11.7 Å². The average molecular weight is 237 g/mol. The molecule has 0 N–H and O–H groups in total. The molecule has 0 amide bonds. The molecule has 6 heteroatoms. The monoisotopic (exact) mass is 236 g/mol. The molecule has 0 saturated carbocycles. The van der Waals surface area contributed by atoms with Crippen LogP contribution in [-0.2, 0) is 0 Å². The molecule has 0 radical (unpaired) electrons. The SMILES string of the molecule is CCCCSc1nsnc(Cl)c1=O. The third kappa shape index (κ3) is 3.25. The lowest BCUT2D eigenvalue weighted by atomic mass is 10.4. The van der Waals surface area contributed by atoms with Crippen LogP contribution in [0.5, 0.6) is 0 Å². The fourth-order valence-electron chi connectivity index (χ4n) is 0.670. The van der Waals surface area contributed by atoms with E-state index in [1.807, 2.05) is 0 Å². The van der Waals surface area contributed by atoms with Crippen LogP contribution < -0.4 is 5.43 Å². The zero-order chi connectivity index (χ0) is 9.68. The van der Waals surface area contributed by atoms with Gasteiger partial charge in [-0.05, 0) is 12.2 Å². The van der Waals surface area contributed by atoms with Crippen molar-refractivity contribution in [3.05, 3.63) is 15.4 Å². The number of hydrogen-bond acceptors (Lipinski definition) is 5. The van der Waals surface area contributed by atoms with E-state index in [0.29, 0.717) is 5.03 Å². The van der Waals surface area contributed by atoms with Gasteiger partial charge in [-0.2, -0.15) is 8.75 Å². The van der Waals surface area contributed by atoms with Crippen molar-refractivity contribution >= 4 is 35.1 Å². The van der Waals surface area contributed by atoms with Gasteiger partial charge in [0.2, 0.25) is 5.43 Å². The zero-order valence-corrected chi connectivity index (χ0v) is 9.51. The molecule has 0 aliphatic rings. The van der Waals surface area contributed by atoms with Gasteiger partial charge in [0.1, 0.15) is 0 Å². The predicted octanol–water partition coefficient (Wildman–Crippen LogP) is 2.44. The predicted molar refractivity (Wildman–Crippen MR) is 56.8 cm³/mol. The molecule has 1 aromatic heterocycles. The van der Waals surface area contributed by atoms with E-state index in [1.54, 1.807) is 0 Å². The van der Waals surface area contributed by atoms with Gasteiger partial charge in [-0.3, -0.25) is 4.79 Å². The second kappa shape index (κ2) is 5.57. The van der Waals surface area contributed by atoms with Crippen LogP contribution in [0, 0.1) is 0 Å². The number of hydrogen-bond donors (Lipinski definition) is 0. The average Bonchev–Trinajstić information content (AvgIpc) is 2.13. The Hall–Kier alpha value is -0.130. The lowest BCUT2D eigenvalue weighted by molar-refractivity contribution is 0.894. The summed E-state index contributed by atoms with van der Waals surface area (Å²) in [6.07, 6.45) is 2.19. The van der Waals surface area contributed by atoms with E-state index in [2.05, 4.69) is 15.7 Å². The minimum absolute atomic E-state index is 0.0269. The molecule has 13 heavy (non-hydrogen) atoms. The Morgan fingerprint density at radius 2 is 2.31 bits per heavy atom. The second-order valence-electron chi connectivity index (χ2n) is 2.39. The Morgan fingerprint density at radius 3 is 3.00 bits per heavy atom. The molecule has 0 bridgehead atoms. The van der Waals surface area contributed by atoms with Gasteiger partial charge in [-0.1, -0.05) is 24.9 Å². The van der Waals surface area contributed by atoms with Crippen LogP contribution in [0.1, 0.15) is 19.8 Å². The molecule has 1 heterocycles. The molecular formula is C7H9ClN2OS2. The van der Waals surface area contributed by atoms with E-state index >= 15 is 0 Å². The highest BCUT2D eigenvalue weighted by atomic mass is 35.5. The molecular weight excluding hydrogens is 228 g/mol. The van der Waals surface area contributed by atoms with Crippen molar-refractivity contribution < 1.29 is 0 Å². The van der Waals surface area contributed by atoms with Crippen LogP contribution in [0.4, 0.5) is 0 Å². The smallest absolute Gasteiger partial charge is 0.250 e. The van der Waals surface area contributed by atoms with E-state index in [0.717, 1.165) is 30.3 Å². The summed E-state index contributed by atoms with van der Waals surface area (Å²) in [4.78, 5) is 11.3. The number of nitrogens with zero attached hydrogens (tertiary/aromatic N) is 2. The molecule has 1 rings (SSSR count).